The van der Waals surface area contributed by atoms with E-state index in [9.17, 15) is 18.0 Å². The van der Waals surface area contributed by atoms with Gasteiger partial charge in [-0.1, -0.05) is 30.3 Å². The van der Waals surface area contributed by atoms with E-state index < -0.39 is 21.8 Å². The minimum atomic E-state index is -3.94. The molecule has 6 nitrogen and oxygen atoms in total. The average molecular weight is 437 g/mol. The summed E-state index contributed by atoms with van der Waals surface area (Å²) in [5, 5.41) is 0. The highest BCUT2D eigenvalue weighted by atomic mass is 32.2. The molecule has 0 spiro atoms. The lowest BCUT2D eigenvalue weighted by Gasteiger charge is -2.19. The van der Waals surface area contributed by atoms with Crippen LogP contribution in [0.4, 0.5) is 5.69 Å². The van der Waals surface area contributed by atoms with Crippen molar-refractivity contribution >= 4 is 33.6 Å². The third-order valence-electron chi connectivity index (χ3n) is 6.48. The Labute approximate surface area is 182 Å². The van der Waals surface area contributed by atoms with Gasteiger partial charge in [-0.05, 0) is 72.6 Å². The van der Waals surface area contributed by atoms with Gasteiger partial charge >= 0.3 is 0 Å². The first-order valence-corrected chi connectivity index (χ1v) is 12.2. The van der Waals surface area contributed by atoms with Crippen molar-refractivity contribution < 1.29 is 18.0 Å². The molecule has 3 aliphatic rings. The van der Waals surface area contributed by atoms with Crippen LogP contribution in [0.3, 0.4) is 0 Å². The van der Waals surface area contributed by atoms with Gasteiger partial charge in [0, 0.05) is 18.7 Å². The van der Waals surface area contributed by atoms with Gasteiger partial charge in [0.15, 0.2) is 0 Å². The van der Waals surface area contributed by atoms with E-state index >= 15 is 0 Å². The van der Waals surface area contributed by atoms with Gasteiger partial charge in [-0.25, -0.2) is 13.1 Å². The van der Waals surface area contributed by atoms with Gasteiger partial charge in [0.1, 0.15) is 0 Å². The number of rotatable bonds is 4. The summed E-state index contributed by atoms with van der Waals surface area (Å²) in [5.74, 6) is -1.45. The molecule has 0 radical (unpaired) electrons. The van der Waals surface area contributed by atoms with Crippen molar-refractivity contribution in [3.63, 3.8) is 0 Å². The first kappa shape index (κ1) is 20.0. The highest BCUT2D eigenvalue weighted by Gasteiger charge is 2.37. The summed E-state index contributed by atoms with van der Waals surface area (Å²) in [6, 6.07) is 13.6. The fourth-order valence-electron chi connectivity index (χ4n) is 4.76. The summed E-state index contributed by atoms with van der Waals surface area (Å²) in [6.07, 6.45) is 5.80. The van der Waals surface area contributed by atoms with Crippen LogP contribution >= 0.6 is 0 Å². The van der Waals surface area contributed by atoms with Crippen LogP contribution < -0.4 is 9.62 Å². The number of nitrogens with zero attached hydrogens (tertiary/aromatic N) is 1. The molecule has 2 aromatic rings. The molecule has 1 fully saturated rings. The zero-order chi connectivity index (χ0) is 21.6. The monoisotopic (exact) mass is 436 g/mol. The van der Waals surface area contributed by atoms with E-state index in [0.29, 0.717) is 12.8 Å². The molecule has 0 saturated carbocycles. The van der Waals surface area contributed by atoms with E-state index in [0.717, 1.165) is 36.1 Å². The van der Waals surface area contributed by atoms with Crippen molar-refractivity contribution in [3.8, 4) is 0 Å². The van der Waals surface area contributed by atoms with E-state index in [4.69, 9.17) is 0 Å². The van der Waals surface area contributed by atoms with Crippen molar-refractivity contribution in [1.82, 2.24) is 4.72 Å². The molecular formula is C24H24N2O4S. The fourth-order valence-corrected chi connectivity index (χ4v) is 5.97. The number of benzene rings is 2. The standard InChI is InChI=1S/C24H24N2O4S/c27-23-14-20(15-26(23)21-10-8-17-6-3-7-18(17)12-21)24(28)25-31(29,30)22-11-9-16-4-1-2-5-19(16)13-22/h1-2,4-5,8,10,12-13,20H,3,6-7,9,11,14-15H2,(H,25,28). The van der Waals surface area contributed by atoms with Gasteiger partial charge in [0.2, 0.25) is 11.8 Å². The van der Waals surface area contributed by atoms with E-state index in [1.54, 1.807) is 11.0 Å². The number of hydrogen-bond donors (Lipinski definition) is 1. The van der Waals surface area contributed by atoms with Crippen LogP contribution in [0.1, 0.15) is 41.5 Å². The van der Waals surface area contributed by atoms with Crippen LogP contribution in [0.15, 0.2) is 47.4 Å². The number of allylic oxidation sites excluding steroid dienone is 1. The molecule has 1 unspecified atom stereocenters. The number of hydrogen-bond acceptors (Lipinski definition) is 4. The Morgan fingerprint density at radius 2 is 1.77 bits per heavy atom. The third-order valence-corrected chi connectivity index (χ3v) is 7.96. The second-order valence-corrected chi connectivity index (χ2v) is 10.2. The second-order valence-electron chi connectivity index (χ2n) is 8.49. The maximum absolute atomic E-state index is 12.8. The molecule has 160 valence electrons. The molecular weight excluding hydrogens is 412 g/mol. The van der Waals surface area contributed by atoms with Crippen molar-refractivity contribution in [2.45, 2.75) is 38.5 Å². The van der Waals surface area contributed by atoms with Crippen LogP contribution in [0.5, 0.6) is 0 Å². The Morgan fingerprint density at radius 3 is 2.65 bits per heavy atom. The topological polar surface area (TPSA) is 83.5 Å². The van der Waals surface area contributed by atoms with Crippen LogP contribution in [-0.4, -0.2) is 26.8 Å². The number of amides is 2. The zero-order valence-electron chi connectivity index (χ0n) is 17.1. The molecule has 31 heavy (non-hydrogen) atoms. The summed E-state index contributed by atoms with van der Waals surface area (Å²) in [4.78, 5) is 27.2. The van der Waals surface area contributed by atoms with Gasteiger partial charge in [-0.3, -0.25) is 9.59 Å². The average Bonchev–Trinajstić information content (AvgIpc) is 3.39. The van der Waals surface area contributed by atoms with Crippen molar-refractivity contribution in [2.75, 3.05) is 11.4 Å². The van der Waals surface area contributed by atoms with Crippen molar-refractivity contribution in [1.29, 1.82) is 0 Å². The maximum atomic E-state index is 12.8. The van der Waals surface area contributed by atoms with E-state index in [1.165, 1.54) is 11.1 Å². The number of sulfonamides is 1. The lowest BCUT2D eigenvalue weighted by molar-refractivity contribution is -0.124. The predicted octanol–water partition coefficient (Wildman–Crippen LogP) is 2.96. The summed E-state index contributed by atoms with van der Waals surface area (Å²) in [7, 11) is -3.94. The quantitative estimate of drug-likeness (QED) is 0.799. The third kappa shape index (κ3) is 3.78. The van der Waals surface area contributed by atoms with E-state index in [1.807, 2.05) is 36.4 Å². The van der Waals surface area contributed by atoms with Crippen LogP contribution in [0.2, 0.25) is 0 Å². The molecule has 7 heteroatoms. The summed E-state index contributed by atoms with van der Waals surface area (Å²) in [6.45, 7) is 0.195. The minimum Gasteiger partial charge on any atom is -0.312 e. The van der Waals surface area contributed by atoms with E-state index in [-0.39, 0.29) is 23.8 Å². The molecule has 1 heterocycles. The Kier molecular flexibility index (Phi) is 4.93. The minimum absolute atomic E-state index is 0.0142. The molecule has 1 aliphatic heterocycles. The molecule has 0 bridgehead atoms. The Balaban J connectivity index is 1.30. The number of aryl methyl sites for hydroxylation is 3. The van der Waals surface area contributed by atoms with Gasteiger partial charge in [-0.15, -0.1) is 0 Å². The number of anilines is 1. The predicted molar refractivity (Wildman–Crippen MR) is 119 cm³/mol. The molecule has 2 amide bonds. The van der Waals surface area contributed by atoms with Gasteiger partial charge in [-0.2, -0.15) is 0 Å². The number of carbonyl (C=O) groups excluding carboxylic acids is 2. The molecule has 0 aromatic heterocycles. The van der Waals surface area contributed by atoms with Crippen molar-refractivity contribution in [3.05, 3.63) is 69.6 Å². The zero-order valence-corrected chi connectivity index (χ0v) is 18.0. The highest BCUT2D eigenvalue weighted by molar-refractivity contribution is 7.94. The SMILES string of the molecule is O=C(NS(=O)(=O)C1=Cc2ccccc2CC1)C1CC(=O)N(c2ccc3c(c2)CCC3)C1. The molecule has 1 saturated heterocycles. The molecule has 1 N–H and O–H groups in total. The summed E-state index contributed by atoms with van der Waals surface area (Å²) < 4.78 is 27.9. The normalized spacial score (nSPS) is 20.3. The Morgan fingerprint density at radius 1 is 0.968 bits per heavy atom. The number of nitrogens with one attached hydrogen (secondary N) is 1. The number of fused-ring (bicyclic) bond motifs is 2. The second kappa shape index (κ2) is 7.64. The summed E-state index contributed by atoms with van der Waals surface area (Å²) >= 11 is 0. The smallest absolute Gasteiger partial charge is 0.260 e. The van der Waals surface area contributed by atoms with Gasteiger partial charge in [0.25, 0.3) is 10.0 Å². The van der Waals surface area contributed by atoms with Crippen LogP contribution in [-0.2, 0) is 38.9 Å². The molecule has 5 rings (SSSR count). The molecule has 2 aromatic carbocycles. The lowest BCUT2D eigenvalue weighted by atomic mass is 9.98. The highest BCUT2D eigenvalue weighted by Crippen LogP contribution is 2.31. The Bertz CT molecular complexity index is 1220. The first-order valence-electron chi connectivity index (χ1n) is 10.7. The molecule has 2 aliphatic carbocycles. The fraction of sp³-hybridized carbons (Fsp3) is 0.333. The first-order chi connectivity index (χ1) is 14.9. The maximum Gasteiger partial charge on any atom is 0.260 e. The van der Waals surface area contributed by atoms with E-state index in [2.05, 4.69) is 10.8 Å². The number of carbonyl (C=O) groups is 2. The lowest BCUT2D eigenvalue weighted by Crippen LogP contribution is -2.37. The summed E-state index contributed by atoms with van der Waals surface area (Å²) in [5.41, 5.74) is 5.32. The molecule has 1 atom stereocenters. The van der Waals surface area contributed by atoms with Gasteiger partial charge < -0.3 is 4.90 Å². The Hall–Kier alpha value is -2.93. The van der Waals surface area contributed by atoms with Gasteiger partial charge in [0.05, 0.1) is 10.8 Å². The van der Waals surface area contributed by atoms with Crippen LogP contribution in [0.25, 0.3) is 6.08 Å². The largest absolute Gasteiger partial charge is 0.312 e. The van der Waals surface area contributed by atoms with Crippen LogP contribution in [0, 0.1) is 5.92 Å². The van der Waals surface area contributed by atoms with Crippen molar-refractivity contribution in [2.24, 2.45) is 5.92 Å².